The second-order valence-electron chi connectivity index (χ2n) is 2.91. The highest BCUT2D eigenvalue weighted by Crippen LogP contribution is 2.14. The van der Waals surface area contributed by atoms with E-state index in [0.29, 0.717) is 5.82 Å². The lowest BCUT2D eigenvalue weighted by atomic mass is 10.3. The number of benzene rings is 1. The Labute approximate surface area is 86.0 Å². The Hall–Kier alpha value is -2.30. The molecule has 2 aromatic rings. The van der Waals surface area contributed by atoms with Gasteiger partial charge in [-0.3, -0.25) is 9.88 Å². The number of carbonyl (C=O) groups is 1. The fourth-order valence-electron chi connectivity index (χ4n) is 1.29. The smallest absolute Gasteiger partial charge is 0.410 e. The molecule has 5 heteroatoms. The molecule has 0 aliphatic heterocycles. The third-order valence-corrected chi connectivity index (χ3v) is 1.91. The van der Waals surface area contributed by atoms with Crippen molar-refractivity contribution >= 4 is 11.9 Å². The van der Waals surface area contributed by atoms with Crippen LogP contribution in [-0.4, -0.2) is 20.8 Å². The molecule has 1 aromatic carbocycles. The lowest BCUT2D eigenvalue weighted by Crippen LogP contribution is -2.10. The molecule has 0 bridgehead atoms. The number of hydrogen-bond donors (Lipinski definition) is 2. The van der Waals surface area contributed by atoms with Crippen molar-refractivity contribution in [2.75, 3.05) is 5.32 Å². The average Bonchev–Trinajstić information content (AvgIpc) is 2.66. The molecule has 2 N–H and O–H groups in total. The predicted octanol–water partition coefficient (Wildman–Crippen LogP) is 1.96. The van der Waals surface area contributed by atoms with Crippen LogP contribution in [0, 0.1) is 0 Å². The second kappa shape index (κ2) is 3.83. The standard InChI is InChI=1S/C10H9N3O2/c14-10(15)12-9-6-11-7-13(9)8-4-2-1-3-5-8/h1-7,12H,(H,14,15). The Bertz CT molecular complexity index is 465. The number of amides is 1. The van der Waals surface area contributed by atoms with Crippen molar-refractivity contribution in [2.24, 2.45) is 0 Å². The zero-order valence-corrected chi connectivity index (χ0v) is 7.79. The van der Waals surface area contributed by atoms with E-state index in [4.69, 9.17) is 5.11 Å². The average molecular weight is 203 g/mol. The maximum Gasteiger partial charge on any atom is 0.410 e. The normalized spacial score (nSPS) is 9.87. The van der Waals surface area contributed by atoms with Gasteiger partial charge in [-0.25, -0.2) is 9.78 Å². The summed E-state index contributed by atoms with van der Waals surface area (Å²) in [7, 11) is 0. The Balaban J connectivity index is 2.37. The Morgan fingerprint density at radius 1 is 1.33 bits per heavy atom. The van der Waals surface area contributed by atoms with Crippen LogP contribution in [0.2, 0.25) is 0 Å². The molecule has 0 spiro atoms. The van der Waals surface area contributed by atoms with Crippen LogP contribution in [0.3, 0.4) is 0 Å². The highest BCUT2D eigenvalue weighted by molar-refractivity contribution is 5.81. The summed E-state index contributed by atoms with van der Waals surface area (Å²) in [4.78, 5) is 14.4. The van der Waals surface area contributed by atoms with Gasteiger partial charge in [0.05, 0.1) is 6.20 Å². The molecule has 0 aliphatic carbocycles. The first-order chi connectivity index (χ1) is 7.27. The van der Waals surface area contributed by atoms with E-state index in [1.807, 2.05) is 30.3 Å². The number of nitrogens with zero attached hydrogens (tertiary/aromatic N) is 2. The molecule has 0 aliphatic rings. The molecule has 0 radical (unpaired) electrons. The lowest BCUT2D eigenvalue weighted by molar-refractivity contribution is 0.209. The summed E-state index contributed by atoms with van der Waals surface area (Å²) in [6.07, 6.45) is 1.91. The summed E-state index contributed by atoms with van der Waals surface area (Å²) in [6, 6.07) is 9.38. The number of carboxylic acid groups (broad SMARTS) is 1. The molecule has 5 nitrogen and oxygen atoms in total. The molecular weight excluding hydrogens is 194 g/mol. The minimum atomic E-state index is -1.10. The van der Waals surface area contributed by atoms with Crippen LogP contribution >= 0.6 is 0 Å². The van der Waals surface area contributed by atoms with Crippen molar-refractivity contribution in [2.45, 2.75) is 0 Å². The number of para-hydroxylation sites is 1. The zero-order chi connectivity index (χ0) is 10.7. The van der Waals surface area contributed by atoms with Gasteiger partial charge < -0.3 is 5.11 Å². The van der Waals surface area contributed by atoms with Crippen molar-refractivity contribution in [3.63, 3.8) is 0 Å². The van der Waals surface area contributed by atoms with Gasteiger partial charge in [0.25, 0.3) is 0 Å². The molecule has 0 atom stereocenters. The van der Waals surface area contributed by atoms with E-state index in [2.05, 4.69) is 10.3 Å². The van der Waals surface area contributed by atoms with Gasteiger partial charge in [-0.2, -0.15) is 0 Å². The highest BCUT2D eigenvalue weighted by Gasteiger charge is 2.05. The fraction of sp³-hybridized carbons (Fsp3) is 0. The molecular formula is C10H9N3O2. The molecule has 1 heterocycles. The predicted molar refractivity (Wildman–Crippen MR) is 55.2 cm³/mol. The van der Waals surface area contributed by atoms with Crippen molar-refractivity contribution < 1.29 is 9.90 Å². The van der Waals surface area contributed by atoms with Gasteiger partial charge in [-0.1, -0.05) is 18.2 Å². The van der Waals surface area contributed by atoms with Crippen LogP contribution in [0.15, 0.2) is 42.9 Å². The number of imidazole rings is 1. The van der Waals surface area contributed by atoms with Gasteiger partial charge in [0, 0.05) is 5.69 Å². The van der Waals surface area contributed by atoms with Gasteiger partial charge in [0.2, 0.25) is 0 Å². The zero-order valence-electron chi connectivity index (χ0n) is 7.79. The van der Waals surface area contributed by atoms with E-state index in [0.717, 1.165) is 5.69 Å². The first kappa shape index (κ1) is 9.26. The summed E-state index contributed by atoms with van der Waals surface area (Å²) < 4.78 is 1.66. The van der Waals surface area contributed by atoms with Crippen LogP contribution in [-0.2, 0) is 0 Å². The monoisotopic (exact) mass is 203 g/mol. The summed E-state index contributed by atoms with van der Waals surface area (Å²) >= 11 is 0. The van der Waals surface area contributed by atoms with E-state index in [9.17, 15) is 4.79 Å². The maximum absolute atomic E-state index is 10.5. The Morgan fingerprint density at radius 3 is 2.73 bits per heavy atom. The summed E-state index contributed by atoms with van der Waals surface area (Å²) in [5.74, 6) is 0.425. The van der Waals surface area contributed by atoms with Crippen molar-refractivity contribution in [3.8, 4) is 5.69 Å². The molecule has 15 heavy (non-hydrogen) atoms. The Kier molecular flexibility index (Phi) is 2.37. The quantitative estimate of drug-likeness (QED) is 0.784. The minimum Gasteiger partial charge on any atom is -0.465 e. The maximum atomic E-state index is 10.5. The summed E-state index contributed by atoms with van der Waals surface area (Å²) in [5.41, 5.74) is 0.860. The third-order valence-electron chi connectivity index (χ3n) is 1.91. The number of hydrogen-bond acceptors (Lipinski definition) is 2. The highest BCUT2D eigenvalue weighted by atomic mass is 16.4. The molecule has 1 amide bonds. The van der Waals surface area contributed by atoms with E-state index in [1.54, 1.807) is 10.9 Å². The van der Waals surface area contributed by atoms with E-state index >= 15 is 0 Å². The van der Waals surface area contributed by atoms with Gasteiger partial charge in [-0.05, 0) is 12.1 Å². The SMILES string of the molecule is O=C(O)Nc1cncn1-c1ccccc1. The van der Waals surface area contributed by atoms with E-state index < -0.39 is 6.09 Å². The molecule has 2 rings (SSSR count). The number of nitrogens with one attached hydrogen (secondary N) is 1. The molecule has 0 fully saturated rings. The number of anilines is 1. The molecule has 0 saturated heterocycles. The minimum absolute atomic E-state index is 0.425. The fourth-order valence-corrected chi connectivity index (χ4v) is 1.29. The van der Waals surface area contributed by atoms with Gasteiger partial charge in [-0.15, -0.1) is 0 Å². The largest absolute Gasteiger partial charge is 0.465 e. The first-order valence-electron chi connectivity index (χ1n) is 4.35. The molecule has 0 saturated carbocycles. The molecule has 0 unspecified atom stereocenters. The van der Waals surface area contributed by atoms with Crippen LogP contribution in [0.1, 0.15) is 0 Å². The molecule has 1 aromatic heterocycles. The molecule has 76 valence electrons. The third kappa shape index (κ3) is 1.96. The first-order valence-corrected chi connectivity index (χ1v) is 4.35. The second-order valence-corrected chi connectivity index (χ2v) is 2.91. The van der Waals surface area contributed by atoms with E-state index in [1.165, 1.54) is 6.20 Å². The van der Waals surface area contributed by atoms with Crippen LogP contribution in [0.25, 0.3) is 5.69 Å². The summed E-state index contributed by atoms with van der Waals surface area (Å²) in [6.45, 7) is 0. The topological polar surface area (TPSA) is 67.2 Å². The van der Waals surface area contributed by atoms with Crippen LogP contribution in [0.4, 0.5) is 10.6 Å². The summed E-state index contributed by atoms with van der Waals surface area (Å²) in [5, 5.41) is 10.9. The van der Waals surface area contributed by atoms with E-state index in [-0.39, 0.29) is 0 Å². The van der Waals surface area contributed by atoms with Crippen molar-refractivity contribution in [1.29, 1.82) is 0 Å². The number of rotatable bonds is 2. The van der Waals surface area contributed by atoms with Gasteiger partial charge in [0.1, 0.15) is 12.1 Å². The lowest BCUT2D eigenvalue weighted by Gasteiger charge is -2.06. The van der Waals surface area contributed by atoms with Crippen molar-refractivity contribution in [1.82, 2.24) is 9.55 Å². The van der Waals surface area contributed by atoms with Crippen LogP contribution < -0.4 is 5.32 Å². The van der Waals surface area contributed by atoms with Crippen molar-refractivity contribution in [3.05, 3.63) is 42.9 Å². The Morgan fingerprint density at radius 2 is 2.07 bits per heavy atom. The number of aromatic nitrogens is 2. The van der Waals surface area contributed by atoms with Crippen LogP contribution in [0.5, 0.6) is 0 Å². The van der Waals surface area contributed by atoms with Gasteiger partial charge >= 0.3 is 6.09 Å². The van der Waals surface area contributed by atoms with Gasteiger partial charge in [0.15, 0.2) is 0 Å².